The Kier molecular flexibility index (Phi) is 8.44. The second-order valence-electron chi connectivity index (χ2n) is 5.43. The predicted octanol–water partition coefficient (Wildman–Crippen LogP) is 3.78. The van der Waals surface area contributed by atoms with Gasteiger partial charge in [-0.15, -0.1) is 0 Å². The Labute approximate surface area is 140 Å². The van der Waals surface area contributed by atoms with Gasteiger partial charge in [0.1, 0.15) is 12.4 Å². The van der Waals surface area contributed by atoms with Gasteiger partial charge in [-0.05, 0) is 12.5 Å². The molecule has 21 heavy (non-hydrogen) atoms. The van der Waals surface area contributed by atoms with Crippen LogP contribution < -0.4 is 11.1 Å². The SMILES string of the molecule is CCCN=C(C=C(N)C(C)(C)C)NC(=O)OCC(Cl)(Cl)Cl. The Morgan fingerprint density at radius 3 is 2.33 bits per heavy atom. The van der Waals surface area contributed by atoms with Crippen LogP contribution in [0.5, 0.6) is 0 Å². The van der Waals surface area contributed by atoms with Crippen molar-refractivity contribution in [2.75, 3.05) is 13.2 Å². The summed E-state index contributed by atoms with van der Waals surface area (Å²) in [5.74, 6) is 0.318. The smallest absolute Gasteiger partial charge is 0.412 e. The Bertz CT molecular complexity index is 410. The average molecular weight is 359 g/mol. The number of amides is 1. The van der Waals surface area contributed by atoms with E-state index in [2.05, 4.69) is 10.3 Å². The molecule has 0 rings (SSSR count). The van der Waals surface area contributed by atoms with Gasteiger partial charge < -0.3 is 10.5 Å². The fourth-order valence-electron chi connectivity index (χ4n) is 1.01. The number of carbonyl (C=O) groups is 1. The van der Waals surface area contributed by atoms with Crippen LogP contribution in [-0.2, 0) is 4.74 Å². The van der Waals surface area contributed by atoms with E-state index in [-0.39, 0.29) is 12.0 Å². The Morgan fingerprint density at radius 2 is 1.90 bits per heavy atom. The Balaban J connectivity index is 4.84. The van der Waals surface area contributed by atoms with Crippen molar-refractivity contribution in [1.82, 2.24) is 5.32 Å². The summed E-state index contributed by atoms with van der Waals surface area (Å²) >= 11 is 16.5. The van der Waals surface area contributed by atoms with Gasteiger partial charge in [-0.1, -0.05) is 62.5 Å². The average Bonchev–Trinajstić information content (AvgIpc) is 2.31. The molecule has 0 aliphatic rings. The molecule has 0 heterocycles. The first-order valence-electron chi connectivity index (χ1n) is 6.48. The summed E-state index contributed by atoms with van der Waals surface area (Å²) in [7, 11) is 0. The van der Waals surface area contributed by atoms with Gasteiger partial charge in [0.2, 0.25) is 3.79 Å². The maximum absolute atomic E-state index is 11.6. The van der Waals surface area contributed by atoms with Crippen molar-refractivity contribution in [2.24, 2.45) is 16.1 Å². The number of nitrogens with two attached hydrogens (primary N) is 1. The topological polar surface area (TPSA) is 76.7 Å². The van der Waals surface area contributed by atoms with Crippen LogP contribution >= 0.6 is 34.8 Å². The molecule has 3 N–H and O–H groups in total. The zero-order chi connectivity index (χ0) is 16.7. The number of nitrogens with zero attached hydrogens (tertiary/aromatic N) is 1. The van der Waals surface area contributed by atoms with E-state index in [9.17, 15) is 4.79 Å². The fraction of sp³-hybridized carbons (Fsp3) is 0.692. The molecule has 122 valence electrons. The number of alkyl halides is 3. The van der Waals surface area contributed by atoms with Gasteiger partial charge in [0.15, 0.2) is 0 Å². The highest BCUT2D eigenvalue weighted by atomic mass is 35.6. The third-order valence-electron chi connectivity index (χ3n) is 2.26. The molecular formula is C13H22Cl3N3O2. The summed E-state index contributed by atoms with van der Waals surface area (Å²) in [6.45, 7) is 8.03. The molecule has 8 heteroatoms. The van der Waals surface area contributed by atoms with Crippen LogP contribution in [0.25, 0.3) is 0 Å². The monoisotopic (exact) mass is 357 g/mol. The zero-order valence-electron chi connectivity index (χ0n) is 12.7. The Morgan fingerprint density at radius 1 is 1.33 bits per heavy atom. The van der Waals surface area contributed by atoms with Gasteiger partial charge in [-0.25, -0.2) is 4.79 Å². The molecular weight excluding hydrogens is 337 g/mol. The lowest BCUT2D eigenvalue weighted by Crippen LogP contribution is -2.33. The van der Waals surface area contributed by atoms with E-state index in [0.29, 0.717) is 18.1 Å². The van der Waals surface area contributed by atoms with Crippen molar-refractivity contribution in [3.63, 3.8) is 0 Å². The quantitative estimate of drug-likeness (QED) is 0.456. The summed E-state index contributed by atoms with van der Waals surface area (Å²) in [6.07, 6.45) is 1.68. The largest absolute Gasteiger partial charge is 0.445 e. The van der Waals surface area contributed by atoms with Crippen LogP contribution in [0.15, 0.2) is 16.8 Å². The van der Waals surface area contributed by atoms with Crippen molar-refractivity contribution in [2.45, 2.75) is 37.9 Å². The third-order valence-corrected chi connectivity index (χ3v) is 2.59. The summed E-state index contributed by atoms with van der Waals surface area (Å²) in [6, 6.07) is 0. The molecule has 0 fully saturated rings. The van der Waals surface area contributed by atoms with Gasteiger partial charge in [-0.2, -0.15) is 0 Å². The van der Waals surface area contributed by atoms with E-state index in [0.717, 1.165) is 6.42 Å². The number of allylic oxidation sites excluding steroid dienone is 1. The molecule has 0 aliphatic carbocycles. The molecule has 0 aromatic rings. The van der Waals surface area contributed by atoms with Crippen LogP contribution in [0, 0.1) is 5.41 Å². The van der Waals surface area contributed by atoms with Crippen molar-refractivity contribution in [3.05, 3.63) is 11.8 Å². The molecule has 0 bridgehead atoms. The lowest BCUT2D eigenvalue weighted by atomic mass is 9.92. The number of nitrogens with one attached hydrogen (secondary N) is 1. The van der Waals surface area contributed by atoms with Crippen LogP contribution in [0.2, 0.25) is 0 Å². The first kappa shape index (κ1) is 20.3. The molecule has 0 radical (unpaired) electrons. The molecule has 0 aromatic carbocycles. The van der Waals surface area contributed by atoms with Gasteiger partial charge in [0.25, 0.3) is 0 Å². The highest BCUT2D eigenvalue weighted by Gasteiger charge is 2.22. The standard InChI is InChI=1S/C13H22Cl3N3O2/c1-5-6-18-10(7-9(17)12(2,3)4)19-11(20)21-8-13(14,15)16/h7H,5-6,8,17H2,1-4H3,(H,18,19,20). The summed E-state index contributed by atoms with van der Waals surface area (Å²) in [5.41, 5.74) is 6.31. The maximum Gasteiger partial charge on any atom is 0.412 e. The van der Waals surface area contributed by atoms with Gasteiger partial charge in [0, 0.05) is 17.7 Å². The van der Waals surface area contributed by atoms with Crippen molar-refractivity contribution in [1.29, 1.82) is 0 Å². The highest BCUT2D eigenvalue weighted by molar-refractivity contribution is 6.67. The van der Waals surface area contributed by atoms with E-state index in [1.807, 2.05) is 27.7 Å². The maximum atomic E-state index is 11.6. The number of halogens is 3. The number of aliphatic imine (C=N–C) groups is 1. The number of hydrogen-bond donors (Lipinski definition) is 2. The lowest BCUT2D eigenvalue weighted by Gasteiger charge is -2.19. The second-order valence-corrected chi connectivity index (χ2v) is 7.95. The lowest BCUT2D eigenvalue weighted by molar-refractivity contribution is 0.154. The Hall–Kier alpha value is -0.650. The number of ether oxygens (including phenoxy) is 1. The minimum Gasteiger partial charge on any atom is -0.445 e. The summed E-state index contributed by atoms with van der Waals surface area (Å²) in [4.78, 5) is 15.9. The van der Waals surface area contributed by atoms with Crippen molar-refractivity contribution < 1.29 is 9.53 Å². The molecule has 0 saturated heterocycles. The molecule has 5 nitrogen and oxygen atoms in total. The number of amidine groups is 1. The first-order chi connectivity index (χ1) is 9.45. The number of carbonyl (C=O) groups excluding carboxylic acids is 1. The normalized spacial score (nSPS) is 14.0. The van der Waals surface area contributed by atoms with E-state index < -0.39 is 9.89 Å². The number of alkyl carbamates (subject to hydrolysis) is 1. The van der Waals surface area contributed by atoms with E-state index >= 15 is 0 Å². The van der Waals surface area contributed by atoms with E-state index in [1.165, 1.54) is 0 Å². The van der Waals surface area contributed by atoms with Crippen molar-refractivity contribution in [3.8, 4) is 0 Å². The minimum absolute atomic E-state index is 0.240. The van der Waals surface area contributed by atoms with Gasteiger partial charge in [-0.3, -0.25) is 10.3 Å². The van der Waals surface area contributed by atoms with E-state index in [1.54, 1.807) is 6.08 Å². The van der Waals surface area contributed by atoms with Crippen LogP contribution in [0.1, 0.15) is 34.1 Å². The molecule has 0 unspecified atom stereocenters. The predicted molar refractivity (Wildman–Crippen MR) is 89.1 cm³/mol. The number of rotatable bonds is 4. The second kappa shape index (κ2) is 8.71. The molecule has 0 aliphatic heterocycles. The van der Waals surface area contributed by atoms with Crippen molar-refractivity contribution >= 4 is 46.7 Å². The van der Waals surface area contributed by atoms with Crippen LogP contribution in [0.4, 0.5) is 4.79 Å². The summed E-state index contributed by atoms with van der Waals surface area (Å²) in [5, 5.41) is 2.48. The third kappa shape index (κ3) is 10.7. The molecule has 0 spiro atoms. The van der Waals surface area contributed by atoms with Gasteiger partial charge in [0.05, 0.1) is 0 Å². The van der Waals surface area contributed by atoms with E-state index in [4.69, 9.17) is 45.3 Å². The van der Waals surface area contributed by atoms with Crippen LogP contribution in [-0.4, -0.2) is 28.9 Å². The highest BCUT2D eigenvalue weighted by Crippen LogP contribution is 2.25. The number of hydrogen-bond acceptors (Lipinski definition) is 4. The molecule has 0 atom stereocenters. The molecule has 0 saturated carbocycles. The summed E-state index contributed by atoms with van der Waals surface area (Å²) < 4.78 is 3.13. The zero-order valence-corrected chi connectivity index (χ0v) is 14.9. The molecule has 1 amide bonds. The fourth-order valence-corrected chi connectivity index (χ4v) is 1.17. The minimum atomic E-state index is -1.65. The van der Waals surface area contributed by atoms with Gasteiger partial charge >= 0.3 is 6.09 Å². The molecule has 0 aromatic heterocycles. The van der Waals surface area contributed by atoms with Crippen LogP contribution in [0.3, 0.4) is 0 Å². The first-order valence-corrected chi connectivity index (χ1v) is 7.61.